The molecule has 1 saturated carbocycles. The number of sulfonamides is 1. The maximum atomic E-state index is 14.7. The van der Waals surface area contributed by atoms with Gasteiger partial charge in [0.2, 0.25) is 10.0 Å². The van der Waals surface area contributed by atoms with Crippen molar-refractivity contribution in [3.8, 4) is 0 Å². The fourth-order valence-corrected chi connectivity index (χ4v) is 12.0. The quantitative estimate of drug-likeness (QED) is 0.156. The number of nitrogens with zero attached hydrogens (tertiary/aromatic N) is 8. The second kappa shape index (κ2) is 15.1. The Balaban J connectivity index is 1.04. The summed E-state index contributed by atoms with van der Waals surface area (Å²) in [6, 6.07) is 13.6. The van der Waals surface area contributed by atoms with Crippen molar-refractivity contribution in [3.63, 3.8) is 0 Å². The molecule has 6 heterocycles. The molecule has 4 aliphatic heterocycles. The Bertz CT molecular complexity index is 2670. The summed E-state index contributed by atoms with van der Waals surface area (Å²) in [6.07, 6.45) is 8.04. The van der Waals surface area contributed by atoms with Crippen molar-refractivity contribution in [3.05, 3.63) is 106 Å². The van der Waals surface area contributed by atoms with Gasteiger partial charge in [0.25, 0.3) is 11.8 Å². The predicted molar refractivity (Wildman–Crippen MR) is 245 cm³/mol. The van der Waals surface area contributed by atoms with Gasteiger partial charge in [-0.05, 0) is 120 Å². The molecular weight excluding hydrogens is 864 g/mol. The third-order valence-corrected chi connectivity index (χ3v) is 16.3. The van der Waals surface area contributed by atoms with E-state index >= 15 is 0 Å². The molecule has 3 unspecified atom stereocenters. The van der Waals surface area contributed by atoms with E-state index in [2.05, 4.69) is 14.9 Å². The molecule has 3 amide bonds. The first-order valence-electron chi connectivity index (χ1n) is 21.2. The van der Waals surface area contributed by atoms with Gasteiger partial charge in [-0.3, -0.25) is 29.4 Å². The van der Waals surface area contributed by atoms with Gasteiger partial charge in [-0.25, -0.2) is 13.2 Å². The van der Waals surface area contributed by atoms with Gasteiger partial charge in [-0.15, -0.1) is 0 Å². The van der Waals surface area contributed by atoms with Crippen molar-refractivity contribution in [1.82, 2.24) is 19.2 Å². The van der Waals surface area contributed by atoms with E-state index in [1.807, 2.05) is 84.8 Å². The lowest BCUT2D eigenvalue weighted by Crippen LogP contribution is -2.70. The summed E-state index contributed by atoms with van der Waals surface area (Å²) < 4.78 is 33.3. The number of pyridine rings is 2. The fraction of sp³-hybridized carbons (Fsp3) is 0.457. The number of hydrogen-bond acceptors (Lipinski definition) is 10. The van der Waals surface area contributed by atoms with Gasteiger partial charge in [-0.2, -0.15) is 4.31 Å². The van der Waals surface area contributed by atoms with E-state index in [1.165, 1.54) is 0 Å². The Morgan fingerprint density at radius 2 is 1.33 bits per heavy atom. The molecule has 17 heteroatoms. The zero-order valence-corrected chi connectivity index (χ0v) is 39.0. The normalized spacial score (nSPS) is 23.3. The van der Waals surface area contributed by atoms with Crippen LogP contribution in [0.25, 0.3) is 0 Å². The molecule has 332 valence electrons. The summed E-state index contributed by atoms with van der Waals surface area (Å²) in [7, 11) is 0.587. The van der Waals surface area contributed by atoms with Gasteiger partial charge in [-0.1, -0.05) is 23.2 Å². The molecule has 2 aromatic carbocycles. The molecule has 3 fully saturated rings. The lowest BCUT2D eigenvalue weighted by molar-refractivity contribution is -0.0192. The average Bonchev–Trinajstić information content (AvgIpc) is 4.00. The molecule has 1 aliphatic carbocycles. The van der Waals surface area contributed by atoms with Crippen LogP contribution in [0.3, 0.4) is 0 Å². The Morgan fingerprint density at radius 3 is 1.92 bits per heavy atom. The highest BCUT2D eigenvalue weighted by Crippen LogP contribution is 2.50. The van der Waals surface area contributed by atoms with E-state index < -0.39 is 38.8 Å². The number of halogens is 2. The number of fused-ring (bicyclic) bond motifs is 2. The van der Waals surface area contributed by atoms with E-state index in [0.29, 0.717) is 70.6 Å². The average molecular weight is 916 g/mol. The maximum Gasteiger partial charge on any atom is 0.410 e. The molecule has 0 radical (unpaired) electrons. The van der Waals surface area contributed by atoms with Gasteiger partial charge in [0.15, 0.2) is 0 Å². The van der Waals surface area contributed by atoms with Crippen molar-refractivity contribution >= 4 is 73.9 Å². The minimum absolute atomic E-state index is 0.0580. The van der Waals surface area contributed by atoms with Crippen LogP contribution in [0.2, 0.25) is 10.0 Å². The van der Waals surface area contributed by atoms with Crippen molar-refractivity contribution in [2.45, 2.75) is 101 Å². The van der Waals surface area contributed by atoms with Gasteiger partial charge < -0.3 is 19.4 Å². The molecular formula is C46H52Cl2N8O6S. The highest BCUT2D eigenvalue weighted by atomic mass is 35.5. The summed E-state index contributed by atoms with van der Waals surface area (Å²) in [5.74, 6) is -0.385. The molecule has 9 rings (SSSR count). The number of likely N-dealkylation sites (tertiary alicyclic amines) is 1. The lowest BCUT2D eigenvalue weighted by atomic mass is 9.79. The molecule has 3 atom stereocenters. The third kappa shape index (κ3) is 7.28. The molecule has 0 bridgehead atoms. The number of amides is 3. The highest BCUT2D eigenvalue weighted by molar-refractivity contribution is 7.90. The van der Waals surface area contributed by atoms with Gasteiger partial charge in [0, 0.05) is 54.9 Å². The summed E-state index contributed by atoms with van der Waals surface area (Å²) in [4.78, 5) is 61.2. The van der Waals surface area contributed by atoms with Crippen LogP contribution in [-0.4, -0.2) is 108 Å². The van der Waals surface area contributed by atoms with E-state index in [1.54, 1.807) is 68.1 Å². The molecule has 63 heavy (non-hydrogen) atoms. The summed E-state index contributed by atoms with van der Waals surface area (Å²) >= 11 is 13.1. The second-order valence-electron chi connectivity index (χ2n) is 19.2. The Hall–Kier alpha value is -4.96. The lowest BCUT2D eigenvalue weighted by Gasteiger charge is -2.54. The number of aromatic nitrogens is 2. The SMILES string of the molecule is CN(c1cncc(N2C(=O)c3ccc(Cl)cc3C2(C)CC2C(N(C)c3cncc(N4C(=O)c5ccc(Cl)cc5C4(C)C)c3)CN2C(=O)OC(C)(C)C)c1)C1CN(S(=O)(=O)C2CC2)C1. The first kappa shape index (κ1) is 43.3. The van der Waals surface area contributed by atoms with Crippen molar-refractivity contribution in [2.24, 2.45) is 0 Å². The van der Waals surface area contributed by atoms with Crippen LogP contribution in [0.1, 0.15) is 92.6 Å². The number of carbonyl (C=O) groups excluding carboxylic acids is 3. The molecule has 4 aromatic rings. The van der Waals surface area contributed by atoms with Crippen LogP contribution in [0.5, 0.6) is 0 Å². The predicted octanol–water partition coefficient (Wildman–Crippen LogP) is 7.68. The van der Waals surface area contributed by atoms with Gasteiger partial charge >= 0.3 is 6.09 Å². The fourth-order valence-electron chi connectivity index (χ4n) is 9.76. The Morgan fingerprint density at radius 1 is 0.794 bits per heavy atom. The first-order valence-corrected chi connectivity index (χ1v) is 23.5. The minimum atomic E-state index is -3.27. The molecule has 0 spiro atoms. The molecule has 2 aromatic heterocycles. The maximum absolute atomic E-state index is 14.7. The second-order valence-corrected chi connectivity index (χ2v) is 22.3. The number of hydrogen-bond donors (Lipinski definition) is 0. The number of rotatable bonds is 10. The Labute approximate surface area is 378 Å². The van der Waals surface area contributed by atoms with E-state index in [9.17, 15) is 22.8 Å². The van der Waals surface area contributed by atoms with E-state index in [-0.39, 0.29) is 35.6 Å². The monoisotopic (exact) mass is 914 g/mol. The topological polar surface area (TPSA) is 140 Å². The van der Waals surface area contributed by atoms with Crippen molar-refractivity contribution < 1.29 is 27.5 Å². The Kier molecular flexibility index (Phi) is 10.4. The number of benzene rings is 2. The number of likely N-dealkylation sites (N-methyl/N-ethyl adjacent to an activating group) is 2. The molecule has 14 nitrogen and oxygen atoms in total. The molecule has 2 saturated heterocycles. The number of ether oxygens (including phenoxy) is 1. The summed E-state index contributed by atoms with van der Waals surface area (Å²) in [5, 5.41) is 0.752. The van der Waals surface area contributed by atoms with Crippen LogP contribution >= 0.6 is 23.2 Å². The van der Waals surface area contributed by atoms with E-state index in [4.69, 9.17) is 27.9 Å². The molecule has 0 N–H and O–H groups in total. The zero-order chi connectivity index (χ0) is 45.1. The minimum Gasteiger partial charge on any atom is -0.444 e. The zero-order valence-electron chi connectivity index (χ0n) is 36.7. The van der Waals surface area contributed by atoms with Crippen LogP contribution in [-0.2, 0) is 25.8 Å². The van der Waals surface area contributed by atoms with Crippen molar-refractivity contribution in [1.29, 1.82) is 0 Å². The summed E-state index contributed by atoms with van der Waals surface area (Å²) in [5.41, 5.74) is 2.75. The molecule has 5 aliphatic rings. The van der Waals surface area contributed by atoms with Crippen LogP contribution < -0.4 is 19.6 Å². The smallest absolute Gasteiger partial charge is 0.410 e. The van der Waals surface area contributed by atoms with Crippen LogP contribution in [0.4, 0.5) is 27.5 Å². The number of anilines is 4. The van der Waals surface area contributed by atoms with E-state index in [0.717, 1.165) is 16.9 Å². The largest absolute Gasteiger partial charge is 0.444 e. The van der Waals surface area contributed by atoms with Crippen LogP contribution in [0, 0.1) is 0 Å². The highest BCUT2D eigenvalue weighted by Gasteiger charge is 2.55. The number of carbonyl (C=O) groups is 3. The summed E-state index contributed by atoms with van der Waals surface area (Å²) in [6.45, 7) is 12.5. The van der Waals surface area contributed by atoms with Crippen LogP contribution in [0.15, 0.2) is 73.3 Å². The standard InChI is InChI=1S/C46H52Cl2N8O6S/c1-44(2,3)62-43(59)54-26-40(52(8)30-18-31(22-50-21-30)55-41(57)35-13-9-27(47)15-37(35)45(55,4)5)39(54)19-46(6)38-16-28(48)10-14-36(38)42(58)56(46)32-17-29(20-49-23-32)51(7)33-24-53(25-33)63(60,61)34-11-12-34/h9-10,13-18,20-23,33-34,39-40H,11-12,19,24-26H2,1-8H3. The first-order chi connectivity index (χ1) is 29.6. The van der Waals surface area contributed by atoms with Gasteiger partial charge in [0.1, 0.15) is 5.60 Å². The van der Waals surface area contributed by atoms with Crippen molar-refractivity contribution in [2.75, 3.05) is 53.3 Å². The third-order valence-electron chi connectivity index (χ3n) is 13.5. The van der Waals surface area contributed by atoms with Gasteiger partial charge in [0.05, 0.1) is 82.0 Å².